The lowest BCUT2D eigenvalue weighted by atomic mass is 10.1. The fraction of sp³-hybridized carbons (Fsp3) is 0.333. The van der Waals surface area contributed by atoms with Crippen LogP contribution in [0.2, 0.25) is 15.1 Å². The van der Waals surface area contributed by atoms with E-state index >= 15 is 0 Å². The number of hydrogen-bond acceptors (Lipinski definition) is 4. The summed E-state index contributed by atoms with van der Waals surface area (Å²) >= 11 is 18.9. The van der Waals surface area contributed by atoms with Crippen LogP contribution in [-0.2, 0) is 26.2 Å². The summed E-state index contributed by atoms with van der Waals surface area (Å²) in [5.41, 5.74) is 1.62. The highest BCUT2D eigenvalue weighted by Crippen LogP contribution is 2.30. The number of sulfonamides is 1. The minimum Gasteiger partial charge on any atom is -0.354 e. The van der Waals surface area contributed by atoms with Crippen LogP contribution in [0.15, 0.2) is 71.6 Å². The second-order valence-corrected chi connectivity index (χ2v) is 12.8. The molecule has 3 aromatic carbocycles. The number of carbonyl (C=O) groups is 2. The van der Waals surface area contributed by atoms with E-state index in [0.29, 0.717) is 23.6 Å². The van der Waals surface area contributed by atoms with Crippen LogP contribution in [-0.4, -0.2) is 44.3 Å². The molecule has 1 atom stereocenters. The van der Waals surface area contributed by atoms with Crippen LogP contribution in [0.25, 0.3) is 0 Å². The van der Waals surface area contributed by atoms with E-state index in [-0.39, 0.29) is 33.1 Å². The van der Waals surface area contributed by atoms with E-state index in [1.807, 2.05) is 13.8 Å². The number of hydrogen-bond donors (Lipinski definition) is 1. The Morgan fingerprint density at radius 2 is 1.56 bits per heavy atom. The highest BCUT2D eigenvalue weighted by molar-refractivity contribution is 7.92. The lowest BCUT2D eigenvalue weighted by molar-refractivity contribution is -0.140. The number of carbonyl (C=O) groups excluding carboxylic acids is 2. The van der Waals surface area contributed by atoms with E-state index in [0.717, 1.165) is 22.7 Å². The highest BCUT2D eigenvalue weighted by Gasteiger charge is 2.34. The van der Waals surface area contributed by atoms with E-state index in [2.05, 4.69) is 5.32 Å². The molecule has 2 amide bonds. The van der Waals surface area contributed by atoms with Crippen molar-refractivity contribution in [2.45, 2.75) is 57.5 Å². The van der Waals surface area contributed by atoms with Gasteiger partial charge in [0.15, 0.2) is 0 Å². The molecule has 0 aliphatic carbocycles. The van der Waals surface area contributed by atoms with E-state index in [9.17, 15) is 18.0 Å². The van der Waals surface area contributed by atoms with Crippen molar-refractivity contribution in [3.05, 3.63) is 92.9 Å². The van der Waals surface area contributed by atoms with Crippen LogP contribution >= 0.6 is 34.8 Å². The van der Waals surface area contributed by atoms with Crippen molar-refractivity contribution >= 4 is 62.3 Å². The molecule has 0 spiro atoms. The van der Waals surface area contributed by atoms with Crippen LogP contribution < -0.4 is 9.62 Å². The molecule has 0 radical (unpaired) electrons. The zero-order chi connectivity index (χ0) is 30.2. The summed E-state index contributed by atoms with van der Waals surface area (Å²) in [6.07, 6.45) is 1.99. The van der Waals surface area contributed by atoms with Gasteiger partial charge in [-0.25, -0.2) is 8.42 Å². The Kier molecular flexibility index (Phi) is 11.9. The summed E-state index contributed by atoms with van der Waals surface area (Å²) in [5, 5.41) is 3.74. The lowest BCUT2D eigenvalue weighted by Crippen LogP contribution is -2.52. The number of unbranched alkanes of at least 4 members (excludes halogenated alkanes) is 1. The third-order valence-electron chi connectivity index (χ3n) is 6.54. The third-order valence-corrected chi connectivity index (χ3v) is 9.13. The van der Waals surface area contributed by atoms with Crippen LogP contribution in [0, 0.1) is 6.92 Å². The first-order valence-corrected chi connectivity index (χ1v) is 15.9. The Morgan fingerprint density at radius 3 is 2.15 bits per heavy atom. The predicted octanol–water partition coefficient (Wildman–Crippen LogP) is 6.87. The highest BCUT2D eigenvalue weighted by atomic mass is 35.5. The van der Waals surface area contributed by atoms with Gasteiger partial charge in [-0.3, -0.25) is 13.9 Å². The van der Waals surface area contributed by atoms with Gasteiger partial charge in [-0.2, -0.15) is 0 Å². The summed E-state index contributed by atoms with van der Waals surface area (Å²) in [6, 6.07) is 16.8. The number of rotatable bonds is 13. The molecule has 0 bridgehead atoms. The standard InChI is InChI=1S/C30H34Cl3N3O4S/c1-4-6-15-34-30(38)28(5-2)35(19-22-9-7-8-10-27(22)33)29(37)20-36(25-17-23(31)16-24(32)18-25)41(39,40)26-13-11-21(3)12-14-26/h7-14,16-18,28H,4-6,15,19-20H2,1-3H3,(H,34,38). The summed E-state index contributed by atoms with van der Waals surface area (Å²) < 4.78 is 28.9. The smallest absolute Gasteiger partial charge is 0.264 e. The van der Waals surface area contributed by atoms with Gasteiger partial charge in [0, 0.05) is 28.2 Å². The number of aryl methyl sites for hydroxylation is 1. The number of nitrogens with one attached hydrogen (secondary N) is 1. The number of halogens is 3. The molecule has 0 saturated heterocycles. The molecule has 1 N–H and O–H groups in total. The quantitative estimate of drug-likeness (QED) is 0.207. The monoisotopic (exact) mass is 637 g/mol. The van der Waals surface area contributed by atoms with Crippen molar-refractivity contribution in [2.75, 3.05) is 17.4 Å². The molecule has 41 heavy (non-hydrogen) atoms. The normalized spacial score (nSPS) is 12.0. The minimum absolute atomic E-state index is 0.00555. The first kappa shape index (κ1) is 32.7. The molecular formula is C30H34Cl3N3O4S. The largest absolute Gasteiger partial charge is 0.354 e. The first-order chi connectivity index (χ1) is 19.5. The number of anilines is 1. The molecule has 1 unspecified atom stereocenters. The van der Waals surface area contributed by atoms with E-state index in [4.69, 9.17) is 34.8 Å². The number of nitrogens with zero attached hydrogens (tertiary/aromatic N) is 2. The molecule has 0 aliphatic heterocycles. The summed E-state index contributed by atoms with van der Waals surface area (Å²) in [5.74, 6) is -0.908. The number of benzene rings is 3. The Balaban J connectivity index is 2.08. The van der Waals surface area contributed by atoms with Crippen molar-refractivity contribution < 1.29 is 18.0 Å². The van der Waals surface area contributed by atoms with Crippen LogP contribution in [0.1, 0.15) is 44.2 Å². The molecule has 220 valence electrons. The van der Waals surface area contributed by atoms with Gasteiger partial charge >= 0.3 is 0 Å². The Labute approximate surface area is 257 Å². The van der Waals surface area contributed by atoms with Gasteiger partial charge in [-0.1, -0.05) is 91.0 Å². The molecule has 7 nitrogen and oxygen atoms in total. The SMILES string of the molecule is CCCCNC(=O)C(CC)N(Cc1ccccc1Cl)C(=O)CN(c1cc(Cl)cc(Cl)c1)S(=O)(=O)c1ccc(C)cc1. The van der Waals surface area contributed by atoms with E-state index in [1.54, 1.807) is 43.3 Å². The molecule has 0 fully saturated rings. The first-order valence-electron chi connectivity index (χ1n) is 13.3. The Bertz CT molecular complexity index is 1450. The second kappa shape index (κ2) is 14.9. The summed E-state index contributed by atoms with van der Waals surface area (Å²) in [6.45, 7) is 5.53. The summed E-state index contributed by atoms with van der Waals surface area (Å²) in [7, 11) is -4.24. The zero-order valence-electron chi connectivity index (χ0n) is 23.2. The molecule has 0 heterocycles. The Morgan fingerprint density at radius 1 is 0.927 bits per heavy atom. The molecule has 0 saturated carbocycles. The molecule has 11 heteroatoms. The van der Waals surface area contributed by atoms with Gasteiger partial charge in [0.2, 0.25) is 11.8 Å². The van der Waals surface area contributed by atoms with E-state index < -0.39 is 28.5 Å². The Hall–Kier alpha value is -2.78. The van der Waals surface area contributed by atoms with Gasteiger partial charge in [-0.05, 0) is 61.7 Å². The van der Waals surface area contributed by atoms with Gasteiger partial charge in [0.05, 0.1) is 10.6 Å². The lowest BCUT2D eigenvalue weighted by Gasteiger charge is -2.33. The van der Waals surface area contributed by atoms with Crippen molar-refractivity contribution in [1.82, 2.24) is 10.2 Å². The maximum absolute atomic E-state index is 14.1. The van der Waals surface area contributed by atoms with Crippen molar-refractivity contribution in [3.8, 4) is 0 Å². The third kappa shape index (κ3) is 8.61. The fourth-order valence-corrected chi connectivity index (χ4v) is 6.39. The second-order valence-electron chi connectivity index (χ2n) is 9.63. The molecule has 0 aromatic heterocycles. The van der Waals surface area contributed by atoms with Crippen molar-refractivity contribution in [3.63, 3.8) is 0 Å². The maximum atomic E-state index is 14.1. The summed E-state index contributed by atoms with van der Waals surface area (Å²) in [4.78, 5) is 28.7. The predicted molar refractivity (Wildman–Crippen MR) is 166 cm³/mol. The molecule has 0 aliphatic rings. The topological polar surface area (TPSA) is 86.8 Å². The average Bonchev–Trinajstić information content (AvgIpc) is 2.92. The van der Waals surface area contributed by atoms with Gasteiger partial charge < -0.3 is 10.2 Å². The molecule has 3 aromatic rings. The van der Waals surface area contributed by atoms with Gasteiger partial charge in [-0.15, -0.1) is 0 Å². The van der Waals surface area contributed by atoms with Crippen molar-refractivity contribution in [1.29, 1.82) is 0 Å². The zero-order valence-corrected chi connectivity index (χ0v) is 26.3. The van der Waals surface area contributed by atoms with Gasteiger partial charge in [0.25, 0.3) is 10.0 Å². The average molecular weight is 639 g/mol. The van der Waals surface area contributed by atoms with Crippen molar-refractivity contribution in [2.24, 2.45) is 0 Å². The van der Waals surface area contributed by atoms with Crippen LogP contribution in [0.3, 0.4) is 0 Å². The van der Waals surface area contributed by atoms with E-state index in [1.165, 1.54) is 35.2 Å². The minimum atomic E-state index is -4.24. The van der Waals surface area contributed by atoms with Crippen LogP contribution in [0.4, 0.5) is 5.69 Å². The number of amides is 2. The molecule has 3 rings (SSSR count). The van der Waals surface area contributed by atoms with Gasteiger partial charge in [0.1, 0.15) is 12.6 Å². The maximum Gasteiger partial charge on any atom is 0.264 e. The van der Waals surface area contributed by atoms with Crippen LogP contribution in [0.5, 0.6) is 0 Å². The fourth-order valence-electron chi connectivity index (χ4n) is 4.29. The molecular weight excluding hydrogens is 605 g/mol.